The largest absolute Gasteiger partial charge is 0.543 e. The molecule has 1 fully saturated rings. The fourth-order valence-electron chi connectivity index (χ4n) is 5.07. The van der Waals surface area contributed by atoms with Gasteiger partial charge in [-0.05, 0) is 81.8 Å². The van der Waals surface area contributed by atoms with Crippen LogP contribution < -0.4 is 14.6 Å². The molecule has 2 amide bonds. The van der Waals surface area contributed by atoms with E-state index >= 15 is 0 Å². The van der Waals surface area contributed by atoms with E-state index in [-0.39, 0.29) is 35.4 Å². The Labute approximate surface area is 266 Å². The topological polar surface area (TPSA) is 100 Å². The lowest BCUT2D eigenvalue weighted by Crippen LogP contribution is -2.43. The first-order valence-corrected chi connectivity index (χ1v) is 18.2. The van der Waals surface area contributed by atoms with Crippen molar-refractivity contribution >= 4 is 52.5 Å². The van der Waals surface area contributed by atoms with Crippen LogP contribution in [0.4, 0.5) is 10.1 Å². The number of imidazole rings is 1. The number of nitrogens with zero attached hydrogens (tertiary/aromatic N) is 4. The van der Waals surface area contributed by atoms with Crippen LogP contribution in [0.25, 0.3) is 10.8 Å². The molecule has 1 atom stereocenters. The Morgan fingerprint density at radius 3 is 2.66 bits per heavy atom. The van der Waals surface area contributed by atoms with E-state index in [0.29, 0.717) is 24.2 Å². The number of hydrogen-bond donors (Lipinski definition) is 1. The lowest BCUT2D eigenvalue weighted by atomic mass is 10.1. The summed E-state index contributed by atoms with van der Waals surface area (Å²) in [5.74, 6) is -0.296. The van der Waals surface area contributed by atoms with Gasteiger partial charge in [0, 0.05) is 34.8 Å². The second-order valence-corrected chi connectivity index (χ2v) is 18.2. The molecule has 0 saturated carbocycles. The van der Waals surface area contributed by atoms with Gasteiger partial charge in [0.2, 0.25) is 20.1 Å². The van der Waals surface area contributed by atoms with Crippen molar-refractivity contribution in [2.24, 2.45) is 0 Å². The number of aromatic nitrogens is 2. The first-order valence-electron chi connectivity index (χ1n) is 14.5. The van der Waals surface area contributed by atoms with E-state index in [4.69, 9.17) is 9.69 Å². The van der Waals surface area contributed by atoms with E-state index in [0.717, 1.165) is 26.7 Å². The summed E-state index contributed by atoms with van der Waals surface area (Å²) in [4.78, 5) is 32.7. The number of anilines is 1. The Morgan fingerprint density at radius 1 is 1.20 bits per heavy atom. The summed E-state index contributed by atoms with van der Waals surface area (Å²) in [6, 6.07) is 15.5. The number of hydrogen-bond acceptors (Lipinski definition) is 5. The average Bonchev–Trinajstić information content (AvgIpc) is 3.53. The van der Waals surface area contributed by atoms with Crippen LogP contribution in [0.5, 0.6) is 5.75 Å². The van der Waals surface area contributed by atoms with Crippen LogP contribution in [0.3, 0.4) is 0 Å². The molecule has 44 heavy (non-hydrogen) atoms. The predicted octanol–water partition coefficient (Wildman–Crippen LogP) is 6.71. The monoisotopic (exact) mass is 675 g/mol. The lowest BCUT2D eigenvalue weighted by Gasteiger charge is -2.36. The lowest BCUT2D eigenvalue weighted by molar-refractivity contribution is -0.126. The van der Waals surface area contributed by atoms with Gasteiger partial charge in [0.1, 0.15) is 23.7 Å². The zero-order chi connectivity index (χ0) is 31.8. The third-order valence-electron chi connectivity index (χ3n) is 8.55. The maximum absolute atomic E-state index is 14.1. The van der Waals surface area contributed by atoms with Crippen molar-refractivity contribution in [1.29, 1.82) is 5.26 Å². The van der Waals surface area contributed by atoms with Crippen LogP contribution in [-0.2, 0) is 22.6 Å². The Kier molecular flexibility index (Phi) is 8.69. The van der Waals surface area contributed by atoms with Crippen LogP contribution in [0, 0.1) is 17.1 Å². The summed E-state index contributed by atoms with van der Waals surface area (Å²) in [6.07, 6.45) is 3.63. The molecule has 0 radical (unpaired) electrons. The molecule has 1 saturated heterocycles. The van der Waals surface area contributed by atoms with Crippen molar-refractivity contribution in [3.8, 4) is 11.8 Å². The molecule has 0 unspecified atom stereocenters. The number of nitrogens with one attached hydrogen (secondary N) is 1. The molecule has 0 bridgehead atoms. The van der Waals surface area contributed by atoms with Crippen molar-refractivity contribution in [3.63, 3.8) is 0 Å². The highest BCUT2D eigenvalue weighted by atomic mass is 79.9. The Balaban J connectivity index is 1.30. The zero-order valence-electron chi connectivity index (χ0n) is 25.4. The van der Waals surface area contributed by atoms with Crippen molar-refractivity contribution in [2.45, 2.75) is 64.3 Å². The van der Waals surface area contributed by atoms with E-state index < -0.39 is 20.2 Å². The number of amides is 2. The molecular formula is C33H35BrFN5O3Si. The van der Waals surface area contributed by atoms with Crippen molar-refractivity contribution in [3.05, 3.63) is 88.2 Å². The van der Waals surface area contributed by atoms with Crippen LogP contribution in [0.15, 0.2) is 65.5 Å². The van der Waals surface area contributed by atoms with E-state index in [2.05, 4.69) is 60.1 Å². The number of carbonyl (C=O) groups excluding carboxylic acids is 2. The molecule has 1 aromatic heterocycles. The van der Waals surface area contributed by atoms with E-state index in [1.54, 1.807) is 28.1 Å². The maximum Gasteiger partial charge on any atom is 0.250 e. The second kappa shape index (κ2) is 12.2. The highest BCUT2D eigenvalue weighted by molar-refractivity contribution is 9.10. The molecule has 0 spiro atoms. The van der Waals surface area contributed by atoms with Gasteiger partial charge in [0.05, 0.1) is 24.0 Å². The number of benzene rings is 3. The molecule has 8 nitrogen and oxygen atoms in total. The van der Waals surface area contributed by atoms with Crippen LogP contribution in [0.2, 0.25) is 18.1 Å². The van der Waals surface area contributed by atoms with Crippen molar-refractivity contribution in [1.82, 2.24) is 14.9 Å². The van der Waals surface area contributed by atoms with Crippen molar-refractivity contribution in [2.75, 3.05) is 11.4 Å². The fraction of sp³-hybridized carbons (Fsp3) is 0.333. The molecule has 1 aliphatic heterocycles. The van der Waals surface area contributed by atoms with Crippen molar-refractivity contribution < 1.29 is 18.4 Å². The minimum Gasteiger partial charge on any atom is -0.543 e. The summed E-state index contributed by atoms with van der Waals surface area (Å²) in [7, 11) is -2.07. The predicted molar refractivity (Wildman–Crippen MR) is 175 cm³/mol. The SMILES string of the molecule is CC(C)(C)[Si](C)(C)Oc1ccc2ccc(Br)c(N3CC[C@H](NC(=O)Cc4cncn4Cc4ccc(C#N)c(F)c4)C3=O)c2c1. The van der Waals surface area contributed by atoms with Gasteiger partial charge in [-0.25, -0.2) is 9.37 Å². The molecule has 0 aliphatic carbocycles. The summed E-state index contributed by atoms with van der Waals surface area (Å²) in [5.41, 5.74) is 2.00. The normalized spacial score (nSPS) is 15.5. The van der Waals surface area contributed by atoms with E-state index in [1.807, 2.05) is 36.4 Å². The molecule has 1 N–H and O–H groups in total. The summed E-state index contributed by atoms with van der Waals surface area (Å²) in [6.45, 7) is 11.7. The van der Waals surface area contributed by atoms with Gasteiger partial charge >= 0.3 is 0 Å². The molecular weight excluding hydrogens is 641 g/mol. The smallest absolute Gasteiger partial charge is 0.250 e. The van der Waals surface area contributed by atoms with Crippen LogP contribution in [-0.4, -0.2) is 42.3 Å². The molecule has 2 heterocycles. The van der Waals surface area contributed by atoms with Gasteiger partial charge in [-0.2, -0.15) is 5.26 Å². The fourth-order valence-corrected chi connectivity index (χ4v) is 6.65. The quantitative estimate of drug-likeness (QED) is 0.209. The first kappa shape index (κ1) is 31.4. The molecule has 5 rings (SSSR count). The number of fused-ring (bicyclic) bond motifs is 1. The average molecular weight is 677 g/mol. The van der Waals surface area contributed by atoms with Gasteiger partial charge in [-0.15, -0.1) is 0 Å². The number of halogens is 2. The van der Waals surface area contributed by atoms with Crippen LogP contribution in [0.1, 0.15) is 44.0 Å². The van der Waals surface area contributed by atoms with Gasteiger partial charge in [-0.3, -0.25) is 9.59 Å². The number of rotatable bonds is 8. The molecule has 228 valence electrons. The summed E-state index contributed by atoms with van der Waals surface area (Å²) in [5, 5.41) is 13.8. The molecule has 3 aromatic carbocycles. The second-order valence-electron chi connectivity index (χ2n) is 12.7. The minimum absolute atomic E-state index is 0.00858. The van der Waals surface area contributed by atoms with Crippen LogP contribution >= 0.6 is 15.9 Å². The molecule has 4 aromatic rings. The summed E-state index contributed by atoms with van der Waals surface area (Å²) < 4.78 is 23.2. The third kappa shape index (κ3) is 6.42. The number of nitriles is 1. The molecule has 11 heteroatoms. The highest BCUT2D eigenvalue weighted by Crippen LogP contribution is 2.41. The molecule has 1 aliphatic rings. The van der Waals surface area contributed by atoms with E-state index in [9.17, 15) is 14.0 Å². The maximum atomic E-state index is 14.1. The van der Waals surface area contributed by atoms with Gasteiger partial charge in [-0.1, -0.05) is 39.0 Å². The Bertz CT molecular complexity index is 1790. The van der Waals surface area contributed by atoms with E-state index in [1.165, 1.54) is 12.1 Å². The Morgan fingerprint density at radius 2 is 1.95 bits per heavy atom. The first-order chi connectivity index (χ1) is 20.8. The minimum atomic E-state index is -2.07. The highest BCUT2D eigenvalue weighted by Gasteiger charge is 2.39. The van der Waals surface area contributed by atoms with Gasteiger partial charge in [0.25, 0.3) is 0 Å². The standard InChI is InChI=1S/C33H35BrFN5O3Si/c1-33(2,3)44(4,5)43-25-10-8-22-9-11-27(34)31(26(22)16-25)40-13-12-29(32(40)42)38-30(41)15-24-18-37-20-39(24)19-21-6-7-23(17-36)28(35)14-21/h6-11,14,16,18,20,29H,12-13,15,19H2,1-5H3,(H,38,41)/t29-/m0/s1. The van der Waals surface area contributed by atoms with Gasteiger partial charge < -0.3 is 19.2 Å². The summed E-state index contributed by atoms with van der Waals surface area (Å²) >= 11 is 3.67. The third-order valence-corrected chi connectivity index (χ3v) is 13.6. The van der Waals surface area contributed by atoms with Gasteiger partial charge in [0.15, 0.2) is 0 Å². The number of carbonyl (C=O) groups is 2. The zero-order valence-corrected chi connectivity index (χ0v) is 28.0. The Hall–Kier alpha value is -4.01.